The van der Waals surface area contributed by atoms with E-state index >= 15 is 0 Å². The number of benzene rings is 2. The molecule has 34 heavy (non-hydrogen) atoms. The Morgan fingerprint density at radius 3 is 2.44 bits per heavy atom. The zero-order valence-corrected chi connectivity index (χ0v) is 19.5. The zero-order valence-electron chi connectivity index (χ0n) is 19.5. The van der Waals surface area contributed by atoms with Gasteiger partial charge in [-0.3, -0.25) is 9.88 Å². The Balaban J connectivity index is 1.40. The van der Waals surface area contributed by atoms with Gasteiger partial charge in [0, 0.05) is 41.8 Å². The van der Waals surface area contributed by atoms with Crippen molar-refractivity contribution in [3.8, 4) is 28.3 Å². The summed E-state index contributed by atoms with van der Waals surface area (Å²) in [6.07, 6.45) is 5.54. The van der Waals surface area contributed by atoms with Gasteiger partial charge < -0.3 is 4.52 Å². The van der Waals surface area contributed by atoms with Gasteiger partial charge in [0.05, 0.1) is 17.9 Å². The van der Waals surface area contributed by atoms with Crippen LogP contribution in [0.2, 0.25) is 0 Å². The molecule has 5 aromatic rings. The van der Waals surface area contributed by atoms with E-state index in [1.54, 1.807) is 12.4 Å². The van der Waals surface area contributed by atoms with Gasteiger partial charge in [-0.2, -0.15) is 10.1 Å². The van der Waals surface area contributed by atoms with E-state index in [2.05, 4.69) is 88.6 Å². The van der Waals surface area contributed by atoms with E-state index in [1.165, 1.54) is 11.1 Å². The van der Waals surface area contributed by atoms with Crippen LogP contribution in [0.25, 0.3) is 28.3 Å². The molecular weight excluding hydrogens is 424 g/mol. The van der Waals surface area contributed by atoms with Gasteiger partial charge in [-0.05, 0) is 51.2 Å². The first-order valence-electron chi connectivity index (χ1n) is 11.2. The van der Waals surface area contributed by atoms with Crippen LogP contribution in [0.15, 0.2) is 83.8 Å². The third-order valence-corrected chi connectivity index (χ3v) is 5.63. The third kappa shape index (κ3) is 4.79. The minimum absolute atomic E-state index is 0.529. The highest BCUT2D eigenvalue weighted by Gasteiger charge is 2.17. The fourth-order valence-corrected chi connectivity index (χ4v) is 3.91. The van der Waals surface area contributed by atoms with Crippen molar-refractivity contribution < 1.29 is 4.52 Å². The van der Waals surface area contributed by atoms with Crippen molar-refractivity contribution in [3.63, 3.8) is 0 Å². The molecular formula is C27H26N6O. The van der Waals surface area contributed by atoms with E-state index in [-0.39, 0.29) is 0 Å². The van der Waals surface area contributed by atoms with Crippen LogP contribution in [0.5, 0.6) is 0 Å². The zero-order chi connectivity index (χ0) is 23.5. The second kappa shape index (κ2) is 9.41. The molecule has 0 atom stereocenters. The maximum absolute atomic E-state index is 5.50. The van der Waals surface area contributed by atoms with Gasteiger partial charge in [-0.15, -0.1) is 0 Å². The van der Waals surface area contributed by atoms with Gasteiger partial charge in [0.1, 0.15) is 0 Å². The number of hydrogen-bond acceptors (Lipinski definition) is 6. The second-order valence-electron chi connectivity index (χ2n) is 8.57. The minimum Gasteiger partial charge on any atom is -0.338 e. The topological polar surface area (TPSA) is 72.9 Å². The first kappa shape index (κ1) is 21.7. The molecule has 3 heterocycles. The Hall–Kier alpha value is -4.10. The standard InChI is InChI=1S/C27H26N6O/c1-19-7-9-24(10-8-19)33-17-23(26(30-33)22-6-4-5-20(2)15-22)16-32(3)18-25-29-27(31-34-25)21-11-13-28-14-12-21/h4-15,17H,16,18H2,1-3H3. The van der Waals surface area contributed by atoms with Gasteiger partial charge in [0.25, 0.3) is 0 Å². The van der Waals surface area contributed by atoms with Gasteiger partial charge in [0.2, 0.25) is 11.7 Å². The SMILES string of the molecule is Cc1ccc(-n2cc(CN(C)Cc3nc(-c4ccncc4)no3)c(-c3cccc(C)c3)n2)cc1. The van der Waals surface area contributed by atoms with E-state index < -0.39 is 0 Å². The summed E-state index contributed by atoms with van der Waals surface area (Å²) in [5.41, 5.74) is 7.55. The average Bonchev–Trinajstić information content (AvgIpc) is 3.47. The molecule has 3 aromatic heterocycles. The van der Waals surface area contributed by atoms with Gasteiger partial charge in [0.15, 0.2) is 0 Å². The molecule has 7 heteroatoms. The Labute approximate surface area is 198 Å². The smallest absolute Gasteiger partial charge is 0.241 e. The lowest BCUT2D eigenvalue weighted by molar-refractivity contribution is 0.261. The molecule has 0 amide bonds. The molecule has 7 nitrogen and oxygen atoms in total. The van der Waals surface area contributed by atoms with Crippen LogP contribution >= 0.6 is 0 Å². The van der Waals surface area contributed by atoms with Gasteiger partial charge in [-0.25, -0.2) is 4.68 Å². The van der Waals surface area contributed by atoms with Crippen LogP contribution < -0.4 is 0 Å². The minimum atomic E-state index is 0.529. The third-order valence-electron chi connectivity index (χ3n) is 5.63. The summed E-state index contributed by atoms with van der Waals surface area (Å²) in [5.74, 6) is 1.13. The molecule has 0 aliphatic carbocycles. The number of rotatable bonds is 7. The van der Waals surface area contributed by atoms with Crippen LogP contribution in [0.3, 0.4) is 0 Å². The lowest BCUT2D eigenvalue weighted by atomic mass is 10.1. The van der Waals surface area contributed by atoms with Crippen molar-refractivity contribution in [3.05, 3.63) is 102 Å². The lowest BCUT2D eigenvalue weighted by Gasteiger charge is -2.14. The van der Waals surface area contributed by atoms with Crippen molar-refractivity contribution in [1.82, 2.24) is 29.8 Å². The molecule has 0 spiro atoms. The highest BCUT2D eigenvalue weighted by atomic mass is 16.5. The summed E-state index contributed by atoms with van der Waals surface area (Å²) in [5, 5.41) is 9.07. The Kier molecular flexibility index (Phi) is 6.01. The lowest BCUT2D eigenvalue weighted by Crippen LogP contribution is -2.17. The van der Waals surface area contributed by atoms with Crippen molar-refractivity contribution in [2.75, 3.05) is 7.05 Å². The molecule has 0 bridgehead atoms. The number of aromatic nitrogens is 5. The summed E-state index contributed by atoms with van der Waals surface area (Å²) in [4.78, 5) is 10.7. The predicted octanol–water partition coefficient (Wildman–Crippen LogP) is 5.23. The van der Waals surface area contributed by atoms with Crippen LogP contribution in [-0.2, 0) is 13.1 Å². The number of nitrogens with zero attached hydrogens (tertiary/aromatic N) is 6. The molecule has 0 saturated heterocycles. The molecule has 0 fully saturated rings. The van der Waals surface area contributed by atoms with Crippen molar-refractivity contribution in [2.45, 2.75) is 26.9 Å². The Morgan fingerprint density at radius 1 is 0.882 bits per heavy atom. The quantitative estimate of drug-likeness (QED) is 0.338. The molecule has 0 unspecified atom stereocenters. The monoisotopic (exact) mass is 450 g/mol. The van der Waals surface area contributed by atoms with Crippen molar-refractivity contribution in [1.29, 1.82) is 0 Å². The highest BCUT2D eigenvalue weighted by molar-refractivity contribution is 5.64. The summed E-state index contributed by atoms with van der Waals surface area (Å²) >= 11 is 0. The van der Waals surface area contributed by atoms with Crippen molar-refractivity contribution >= 4 is 0 Å². The van der Waals surface area contributed by atoms with E-state index in [4.69, 9.17) is 9.62 Å². The van der Waals surface area contributed by atoms with Crippen molar-refractivity contribution in [2.24, 2.45) is 0 Å². The summed E-state index contributed by atoms with van der Waals surface area (Å²) in [7, 11) is 2.04. The first-order valence-corrected chi connectivity index (χ1v) is 11.2. The fraction of sp³-hybridized carbons (Fsp3) is 0.185. The molecule has 0 aliphatic rings. The van der Waals surface area contributed by atoms with E-state index in [9.17, 15) is 0 Å². The largest absolute Gasteiger partial charge is 0.338 e. The number of pyridine rings is 1. The van der Waals surface area contributed by atoms with Crippen LogP contribution in [0.1, 0.15) is 22.6 Å². The highest BCUT2D eigenvalue weighted by Crippen LogP contribution is 2.26. The molecule has 0 N–H and O–H groups in total. The first-order chi connectivity index (χ1) is 16.5. The maximum atomic E-state index is 5.50. The predicted molar refractivity (Wildman–Crippen MR) is 131 cm³/mol. The van der Waals surface area contributed by atoms with Gasteiger partial charge in [-0.1, -0.05) is 46.6 Å². The van der Waals surface area contributed by atoms with Gasteiger partial charge >= 0.3 is 0 Å². The summed E-state index contributed by atoms with van der Waals surface area (Å²) < 4.78 is 7.45. The Morgan fingerprint density at radius 2 is 1.68 bits per heavy atom. The molecule has 0 aliphatic heterocycles. The molecule has 5 rings (SSSR count). The van der Waals surface area contributed by atoms with Crippen LogP contribution in [-0.4, -0.2) is 36.9 Å². The molecule has 0 radical (unpaired) electrons. The number of hydrogen-bond donors (Lipinski definition) is 0. The van der Waals surface area contributed by atoms with Crippen LogP contribution in [0.4, 0.5) is 0 Å². The Bertz CT molecular complexity index is 1390. The van der Waals surface area contributed by atoms with E-state index in [0.29, 0.717) is 24.8 Å². The van der Waals surface area contributed by atoms with E-state index in [1.807, 2.05) is 23.9 Å². The molecule has 0 saturated carbocycles. The van der Waals surface area contributed by atoms with Crippen LogP contribution in [0, 0.1) is 13.8 Å². The summed E-state index contributed by atoms with van der Waals surface area (Å²) in [6, 6.07) is 20.6. The summed E-state index contributed by atoms with van der Waals surface area (Å²) in [6.45, 7) is 5.40. The molecule has 2 aromatic carbocycles. The van der Waals surface area contributed by atoms with E-state index in [0.717, 1.165) is 28.1 Å². The average molecular weight is 451 g/mol. The fourth-order valence-electron chi connectivity index (χ4n) is 3.91. The molecule has 170 valence electrons. The normalized spacial score (nSPS) is 11.3. The second-order valence-corrected chi connectivity index (χ2v) is 8.57. The number of aryl methyl sites for hydroxylation is 2. The maximum Gasteiger partial charge on any atom is 0.241 e.